The van der Waals surface area contributed by atoms with Gasteiger partial charge in [0.1, 0.15) is 31.6 Å². The van der Waals surface area contributed by atoms with Gasteiger partial charge >= 0.3 is 0 Å². The second-order valence-corrected chi connectivity index (χ2v) is 12.9. The lowest BCUT2D eigenvalue weighted by molar-refractivity contribution is -0.121. The molecule has 0 unspecified atom stereocenters. The average molecular weight is 568 g/mol. The normalized spacial score (nSPS) is 16.9. The lowest BCUT2D eigenvalue weighted by Gasteiger charge is -2.29. The molecular formula is C25H33N3O8S2. The molecule has 2 aromatic carbocycles. The number of amides is 1. The number of benzene rings is 2. The van der Waals surface area contributed by atoms with E-state index in [1.165, 1.54) is 29.4 Å². The standard InChI is InChI=1S/C25H33N3O8S2/c1-19(28(37(2,30)31)20-6-11-23-24(18-20)36-17-16-35-23)25(29)26-12-15-34-21-7-9-22(10-8-21)38(32,33)27-13-4-3-5-14-27/h6-11,18-19H,3-5,12-17H2,1-2H3,(H,26,29)/t19-/m0/s1. The fourth-order valence-corrected chi connectivity index (χ4v) is 7.11. The molecule has 0 aliphatic carbocycles. The molecule has 2 heterocycles. The maximum absolute atomic E-state index is 12.8. The Morgan fingerprint density at radius 3 is 2.32 bits per heavy atom. The van der Waals surface area contributed by atoms with E-state index in [0.29, 0.717) is 43.6 Å². The second kappa shape index (κ2) is 11.8. The van der Waals surface area contributed by atoms with Crippen molar-refractivity contribution >= 4 is 31.6 Å². The van der Waals surface area contributed by atoms with Gasteiger partial charge in [-0.2, -0.15) is 4.31 Å². The van der Waals surface area contributed by atoms with Gasteiger partial charge in [0.25, 0.3) is 0 Å². The highest BCUT2D eigenvalue weighted by Crippen LogP contribution is 2.35. The number of ether oxygens (including phenoxy) is 3. The third-order valence-corrected chi connectivity index (χ3v) is 9.47. The molecule has 2 aromatic rings. The maximum Gasteiger partial charge on any atom is 0.243 e. The Morgan fingerprint density at radius 2 is 1.66 bits per heavy atom. The largest absolute Gasteiger partial charge is 0.492 e. The second-order valence-electron chi connectivity index (χ2n) is 9.14. The monoisotopic (exact) mass is 567 g/mol. The molecule has 0 aromatic heterocycles. The first-order valence-electron chi connectivity index (χ1n) is 12.5. The molecule has 0 saturated carbocycles. The van der Waals surface area contributed by atoms with Gasteiger partial charge in [0.2, 0.25) is 26.0 Å². The maximum atomic E-state index is 12.8. The van der Waals surface area contributed by atoms with Crippen molar-refractivity contribution in [3.05, 3.63) is 42.5 Å². The molecule has 0 bridgehead atoms. The highest BCUT2D eigenvalue weighted by atomic mass is 32.2. The van der Waals surface area contributed by atoms with Gasteiger partial charge in [-0.15, -0.1) is 0 Å². The van der Waals surface area contributed by atoms with Crippen LogP contribution in [0, 0.1) is 0 Å². The lowest BCUT2D eigenvalue weighted by atomic mass is 10.2. The van der Waals surface area contributed by atoms with Crippen molar-refractivity contribution < 1.29 is 35.8 Å². The highest BCUT2D eigenvalue weighted by molar-refractivity contribution is 7.92. The van der Waals surface area contributed by atoms with Crippen LogP contribution in [0.3, 0.4) is 0 Å². The van der Waals surface area contributed by atoms with Crippen LogP contribution >= 0.6 is 0 Å². The van der Waals surface area contributed by atoms with Crippen LogP contribution in [0.15, 0.2) is 47.4 Å². The van der Waals surface area contributed by atoms with E-state index in [9.17, 15) is 21.6 Å². The number of sulfonamides is 2. The van der Waals surface area contributed by atoms with Crippen LogP contribution in [-0.4, -0.2) is 78.8 Å². The highest BCUT2D eigenvalue weighted by Gasteiger charge is 2.30. The van der Waals surface area contributed by atoms with Crippen LogP contribution < -0.4 is 23.8 Å². The molecular weight excluding hydrogens is 534 g/mol. The smallest absolute Gasteiger partial charge is 0.243 e. The quantitative estimate of drug-likeness (QED) is 0.431. The summed E-state index contributed by atoms with van der Waals surface area (Å²) in [5, 5.41) is 2.69. The fraction of sp³-hybridized carbons (Fsp3) is 0.480. The number of hydrogen-bond donors (Lipinski definition) is 1. The zero-order chi connectivity index (χ0) is 27.3. The summed E-state index contributed by atoms with van der Waals surface area (Å²) in [5.41, 5.74) is 0.287. The summed E-state index contributed by atoms with van der Waals surface area (Å²) in [7, 11) is -7.32. The molecule has 0 radical (unpaired) electrons. The molecule has 4 rings (SSSR count). The zero-order valence-corrected chi connectivity index (χ0v) is 23.1. The summed E-state index contributed by atoms with van der Waals surface area (Å²) in [5.74, 6) is 0.883. The number of fused-ring (bicyclic) bond motifs is 1. The van der Waals surface area contributed by atoms with Gasteiger partial charge in [0.15, 0.2) is 11.5 Å². The number of hydrogen-bond acceptors (Lipinski definition) is 8. The summed E-state index contributed by atoms with van der Waals surface area (Å²) in [6.45, 7) is 3.55. The summed E-state index contributed by atoms with van der Waals surface area (Å²) in [6.07, 6.45) is 3.80. The molecule has 208 valence electrons. The van der Waals surface area contributed by atoms with E-state index in [4.69, 9.17) is 14.2 Å². The van der Waals surface area contributed by atoms with Crippen LogP contribution in [0.2, 0.25) is 0 Å². The van der Waals surface area contributed by atoms with Gasteiger partial charge < -0.3 is 19.5 Å². The Morgan fingerprint density at radius 1 is 1.00 bits per heavy atom. The molecule has 2 aliphatic heterocycles. The van der Waals surface area contributed by atoms with Crippen LogP contribution in [0.25, 0.3) is 0 Å². The lowest BCUT2D eigenvalue weighted by Crippen LogP contribution is -2.48. The topological polar surface area (TPSA) is 132 Å². The van der Waals surface area contributed by atoms with Gasteiger partial charge in [0.05, 0.1) is 23.4 Å². The van der Waals surface area contributed by atoms with E-state index in [1.807, 2.05) is 0 Å². The van der Waals surface area contributed by atoms with Crippen molar-refractivity contribution in [2.45, 2.75) is 37.1 Å². The molecule has 1 fully saturated rings. The van der Waals surface area contributed by atoms with Crippen LogP contribution in [0.4, 0.5) is 5.69 Å². The van der Waals surface area contributed by atoms with Gasteiger partial charge in [-0.1, -0.05) is 6.42 Å². The van der Waals surface area contributed by atoms with E-state index < -0.39 is 32.0 Å². The summed E-state index contributed by atoms with van der Waals surface area (Å²) < 4.78 is 69.9. The molecule has 1 atom stereocenters. The Hall–Kier alpha value is -3.03. The first kappa shape index (κ1) is 28.0. The summed E-state index contributed by atoms with van der Waals surface area (Å²) in [6, 6.07) is 9.86. The molecule has 1 amide bonds. The predicted octanol–water partition coefficient (Wildman–Crippen LogP) is 1.98. The number of piperidine rings is 1. The molecule has 13 heteroatoms. The van der Waals surface area contributed by atoms with E-state index in [1.54, 1.807) is 24.3 Å². The van der Waals surface area contributed by atoms with Gasteiger partial charge in [0, 0.05) is 19.2 Å². The average Bonchev–Trinajstić information content (AvgIpc) is 2.91. The van der Waals surface area contributed by atoms with Crippen LogP contribution in [-0.2, 0) is 24.8 Å². The molecule has 38 heavy (non-hydrogen) atoms. The Labute approximate surface area is 223 Å². The van der Waals surface area contributed by atoms with E-state index in [-0.39, 0.29) is 23.7 Å². The minimum Gasteiger partial charge on any atom is -0.492 e. The number of rotatable bonds is 10. The fourth-order valence-electron chi connectivity index (χ4n) is 4.43. The van der Waals surface area contributed by atoms with Gasteiger partial charge in [-0.25, -0.2) is 16.8 Å². The van der Waals surface area contributed by atoms with Crippen molar-refractivity contribution in [3.63, 3.8) is 0 Å². The SMILES string of the molecule is C[C@@H](C(=O)NCCOc1ccc(S(=O)(=O)N2CCCCC2)cc1)N(c1ccc2c(c1)OCCO2)S(C)(=O)=O. The number of carbonyl (C=O) groups excluding carboxylic acids is 1. The molecule has 2 aliphatic rings. The number of carbonyl (C=O) groups is 1. The molecule has 11 nitrogen and oxygen atoms in total. The van der Waals surface area contributed by atoms with Gasteiger partial charge in [-0.05, 0) is 56.2 Å². The first-order chi connectivity index (χ1) is 18.1. The number of nitrogens with one attached hydrogen (secondary N) is 1. The Bertz CT molecular complexity index is 1340. The minimum atomic E-state index is -3.79. The molecule has 1 N–H and O–H groups in total. The minimum absolute atomic E-state index is 0.111. The van der Waals surface area contributed by atoms with Crippen LogP contribution in [0.1, 0.15) is 26.2 Å². The zero-order valence-electron chi connectivity index (χ0n) is 21.5. The molecule has 0 spiro atoms. The van der Waals surface area contributed by atoms with Crippen molar-refractivity contribution in [1.82, 2.24) is 9.62 Å². The third kappa shape index (κ3) is 6.51. The van der Waals surface area contributed by atoms with Crippen molar-refractivity contribution in [2.24, 2.45) is 0 Å². The van der Waals surface area contributed by atoms with E-state index >= 15 is 0 Å². The number of nitrogens with zero attached hydrogens (tertiary/aromatic N) is 2. The van der Waals surface area contributed by atoms with E-state index in [2.05, 4.69) is 5.32 Å². The summed E-state index contributed by atoms with van der Waals surface area (Å²) in [4.78, 5) is 13.0. The number of anilines is 1. The molecule has 1 saturated heterocycles. The Balaban J connectivity index is 1.32. The van der Waals surface area contributed by atoms with Crippen molar-refractivity contribution in [2.75, 3.05) is 50.0 Å². The Kier molecular flexibility index (Phi) is 8.68. The van der Waals surface area contributed by atoms with Crippen molar-refractivity contribution in [1.29, 1.82) is 0 Å². The summed E-state index contributed by atoms with van der Waals surface area (Å²) >= 11 is 0. The van der Waals surface area contributed by atoms with E-state index in [0.717, 1.165) is 29.8 Å². The van der Waals surface area contributed by atoms with Crippen molar-refractivity contribution in [3.8, 4) is 17.2 Å². The first-order valence-corrected chi connectivity index (χ1v) is 15.8. The third-order valence-electron chi connectivity index (χ3n) is 6.32. The predicted molar refractivity (Wildman–Crippen MR) is 142 cm³/mol. The van der Waals surface area contributed by atoms with Gasteiger partial charge in [-0.3, -0.25) is 9.10 Å². The van der Waals surface area contributed by atoms with Crippen LogP contribution in [0.5, 0.6) is 17.2 Å².